The van der Waals surface area contributed by atoms with Gasteiger partial charge in [0.2, 0.25) is 5.91 Å². The molecule has 2 N–H and O–H groups in total. The molecule has 25 heavy (non-hydrogen) atoms. The standard InChI is InChI=1S/C15H10Br4N4OS/c1-6-8(17)4-11-14(20-6)23-15(21-11)25-5-12(24)22-13-9(18)2-7(16)3-10(13)19/h2-4H,5H2,1H3,(H,22,24)(H,20,21,23). The van der Waals surface area contributed by atoms with Gasteiger partial charge in [-0.2, -0.15) is 0 Å². The molecular weight excluding hydrogens is 604 g/mol. The molecule has 2 aromatic heterocycles. The second-order valence-corrected chi connectivity index (χ2v) is 9.49. The lowest BCUT2D eigenvalue weighted by atomic mass is 10.3. The Kier molecular flexibility index (Phi) is 6.25. The van der Waals surface area contributed by atoms with Crippen LogP contribution in [0.2, 0.25) is 0 Å². The molecule has 0 atom stereocenters. The maximum absolute atomic E-state index is 12.2. The number of benzene rings is 1. The van der Waals surface area contributed by atoms with E-state index >= 15 is 0 Å². The van der Waals surface area contributed by atoms with Crippen LogP contribution in [-0.4, -0.2) is 26.6 Å². The molecule has 1 aromatic carbocycles. The minimum Gasteiger partial charge on any atom is -0.331 e. The summed E-state index contributed by atoms with van der Waals surface area (Å²) in [6.07, 6.45) is 0. The highest BCUT2D eigenvalue weighted by Crippen LogP contribution is 2.34. The van der Waals surface area contributed by atoms with Gasteiger partial charge in [-0.1, -0.05) is 27.7 Å². The zero-order chi connectivity index (χ0) is 18.1. The first-order valence-corrected chi connectivity index (χ1v) is 11.1. The van der Waals surface area contributed by atoms with Crippen LogP contribution in [0, 0.1) is 6.92 Å². The first kappa shape index (κ1) is 19.3. The van der Waals surface area contributed by atoms with E-state index in [2.05, 4.69) is 84.0 Å². The Morgan fingerprint density at radius 2 is 1.80 bits per heavy atom. The molecule has 3 aromatic rings. The van der Waals surface area contributed by atoms with E-state index in [4.69, 9.17) is 0 Å². The Morgan fingerprint density at radius 3 is 2.48 bits per heavy atom. The van der Waals surface area contributed by atoms with Crippen molar-refractivity contribution in [1.82, 2.24) is 15.0 Å². The summed E-state index contributed by atoms with van der Waals surface area (Å²) < 4.78 is 3.42. The van der Waals surface area contributed by atoms with Crippen molar-refractivity contribution in [1.29, 1.82) is 0 Å². The van der Waals surface area contributed by atoms with E-state index in [1.165, 1.54) is 11.8 Å². The van der Waals surface area contributed by atoms with Gasteiger partial charge in [0.15, 0.2) is 10.8 Å². The molecule has 0 bridgehead atoms. The number of pyridine rings is 1. The number of nitrogens with zero attached hydrogens (tertiary/aromatic N) is 2. The van der Waals surface area contributed by atoms with Gasteiger partial charge < -0.3 is 10.3 Å². The summed E-state index contributed by atoms with van der Waals surface area (Å²) >= 11 is 15.1. The second-order valence-electron chi connectivity index (χ2n) is 5.05. The van der Waals surface area contributed by atoms with Crippen LogP contribution in [0.25, 0.3) is 11.2 Å². The van der Waals surface area contributed by atoms with Crippen LogP contribution in [0.3, 0.4) is 0 Å². The first-order valence-electron chi connectivity index (χ1n) is 6.93. The summed E-state index contributed by atoms with van der Waals surface area (Å²) in [6.45, 7) is 1.91. The molecule has 1 amide bonds. The Balaban J connectivity index is 1.68. The van der Waals surface area contributed by atoms with E-state index in [9.17, 15) is 4.79 Å². The summed E-state index contributed by atoms with van der Waals surface area (Å²) in [5.41, 5.74) is 3.04. The third-order valence-corrected chi connectivity index (χ3v) is 6.58. The van der Waals surface area contributed by atoms with Crippen molar-refractivity contribution in [2.75, 3.05) is 11.1 Å². The number of hydrogen-bond acceptors (Lipinski definition) is 4. The summed E-state index contributed by atoms with van der Waals surface area (Å²) in [4.78, 5) is 24.2. The van der Waals surface area contributed by atoms with Crippen molar-refractivity contribution in [2.24, 2.45) is 0 Å². The van der Waals surface area contributed by atoms with Crippen LogP contribution in [0.5, 0.6) is 0 Å². The Labute approximate surface area is 181 Å². The highest BCUT2D eigenvalue weighted by Gasteiger charge is 2.13. The third-order valence-electron chi connectivity index (χ3n) is 3.19. The van der Waals surface area contributed by atoms with Gasteiger partial charge >= 0.3 is 0 Å². The van der Waals surface area contributed by atoms with Gasteiger partial charge in [0.25, 0.3) is 0 Å². The Morgan fingerprint density at radius 1 is 1.12 bits per heavy atom. The Bertz CT molecular complexity index is 914. The molecular formula is C15H10Br4N4OS. The maximum Gasteiger partial charge on any atom is 0.234 e. The summed E-state index contributed by atoms with van der Waals surface area (Å²) in [5, 5.41) is 3.55. The predicted molar refractivity (Wildman–Crippen MR) is 115 cm³/mol. The monoisotopic (exact) mass is 610 g/mol. The van der Waals surface area contributed by atoms with Crippen LogP contribution < -0.4 is 5.32 Å². The topological polar surface area (TPSA) is 70.7 Å². The zero-order valence-electron chi connectivity index (χ0n) is 12.7. The van der Waals surface area contributed by atoms with Gasteiger partial charge in [0, 0.05) is 17.9 Å². The number of halogens is 4. The van der Waals surface area contributed by atoms with Gasteiger partial charge in [-0.15, -0.1) is 0 Å². The van der Waals surface area contributed by atoms with Crippen LogP contribution in [0.1, 0.15) is 5.69 Å². The minimum absolute atomic E-state index is 0.125. The average molecular weight is 614 g/mol. The largest absolute Gasteiger partial charge is 0.331 e. The van der Waals surface area contributed by atoms with E-state index in [0.29, 0.717) is 16.5 Å². The van der Waals surface area contributed by atoms with E-state index in [-0.39, 0.29) is 11.7 Å². The quantitative estimate of drug-likeness (QED) is 0.352. The first-order chi connectivity index (χ1) is 11.8. The van der Waals surface area contributed by atoms with Gasteiger partial charge in [-0.05, 0) is 72.9 Å². The summed E-state index contributed by atoms with van der Waals surface area (Å²) in [7, 11) is 0. The normalized spacial score (nSPS) is 11.1. The minimum atomic E-state index is -0.125. The number of aromatic amines is 1. The SMILES string of the molecule is Cc1nc2nc(SCC(=O)Nc3c(Br)cc(Br)cc3Br)[nH]c2cc1Br. The lowest BCUT2D eigenvalue weighted by Crippen LogP contribution is -2.15. The van der Waals surface area contributed by atoms with Crippen molar-refractivity contribution in [3.63, 3.8) is 0 Å². The molecule has 0 radical (unpaired) electrons. The highest BCUT2D eigenvalue weighted by atomic mass is 79.9. The van der Waals surface area contributed by atoms with E-state index in [1.54, 1.807) is 0 Å². The second kappa shape index (κ2) is 8.08. The van der Waals surface area contributed by atoms with E-state index in [1.807, 2.05) is 25.1 Å². The molecule has 0 aliphatic rings. The number of carbonyl (C=O) groups is 1. The molecule has 2 heterocycles. The predicted octanol–water partition coefficient (Wildman–Crippen LogP) is 6.05. The lowest BCUT2D eigenvalue weighted by Gasteiger charge is -2.09. The van der Waals surface area contributed by atoms with Crippen molar-refractivity contribution in [3.8, 4) is 0 Å². The number of H-pyrrole nitrogens is 1. The van der Waals surface area contributed by atoms with Gasteiger partial charge in [0.1, 0.15) is 0 Å². The number of nitrogens with one attached hydrogen (secondary N) is 2. The summed E-state index contributed by atoms with van der Waals surface area (Å²) in [6, 6.07) is 5.68. The smallest absolute Gasteiger partial charge is 0.234 e. The number of rotatable bonds is 4. The van der Waals surface area contributed by atoms with Crippen LogP contribution in [0.4, 0.5) is 5.69 Å². The lowest BCUT2D eigenvalue weighted by molar-refractivity contribution is -0.113. The number of amides is 1. The molecule has 0 unspecified atom stereocenters. The molecule has 0 saturated carbocycles. The molecule has 3 rings (SSSR count). The van der Waals surface area contributed by atoms with Crippen molar-refractivity contribution < 1.29 is 4.79 Å². The van der Waals surface area contributed by atoms with Crippen LogP contribution >= 0.6 is 75.5 Å². The van der Waals surface area contributed by atoms with E-state index < -0.39 is 0 Å². The van der Waals surface area contributed by atoms with Gasteiger partial charge in [-0.3, -0.25) is 4.79 Å². The number of hydrogen-bond donors (Lipinski definition) is 2. The molecule has 0 spiro atoms. The molecule has 10 heteroatoms. The maximum atomic E-state index is 12.2. The fraction of sp³-hybridized carbons (Fsp3) is 0.133. The summed E-state index contributed by atoms with van der Waals surface area (Å²) in [5.74, 6) is 0.106. The molecule has 0 saturated heterocycles. The van der Waals surface area contributed by atoms with E-state index in [0.717, 1.165) is 29.1 Å². The number of anilines is 1. The van der Waals surface area contributed by atoms with Gasteiger partial charge in [-0.25, -0.2) is 9.97 Å². The fourth-order valence-corrected chi connectivity index (χ4v) is 5.47. The van der Waals surface area contributed by atoms with Gasteiger partial charge in [0.05, 0.1) is 22.7 Å². The number of aryl methyl sites for hydroxylation is 1. The number of fused-ring (bicyclic) bond motifs is 1. The number of imidazole rings is 1. The number of carbonyl (C=O) groups excluding carboxylic acids is 1. The molecule has 0 fully saturated rings. The fourth-order valence-electron chi connectivity index (χ4n) is 2.02. The van der Waals surface area contributed by atoms with Crippen LogP contribution in [-0.2, 0) is 4.79 Å². The van der Waals surface area contributed by atoms with Crippen molar-refractivity contribution in [2.45, 2.75) is 12.1 Å². The van der Waals surface area contributed by atoms with Crippen LogP contribution in [0.15, 0.2) is 41.2 Å². The zero-order valence-corrected chi connectivity index (χ0v) is 19.8. The molecule has 0 aliphatic carbocycles. The molecule has 130 valence electrons. The molecule has 0 aliphatic heterocycles. The molecule has 5 nitrogen and oxygen atoms in total. The number of aromatic nitrogens is 3. The highest BCUT2D eigenvalue weighted by molar-refractivity contribution is 9.11. The van der Waals surface area contributed by atoms with Crippen molar-refractivity contribution >= 4 is 98.2 Å². The third kappa shape index (κ3) is 4.65. The Hall–Kier alpha value is -0.420. The van der Waals surface area contributed by atoms with Crippen molar-refractivity contribution in [3.05, 3.63) is 41.8 Å². The number of thioether (sulfide) groups is 1. The average Bonchev–Trinajstić information content (AvgIpc) is 2.91.